The molecule has 0 aromatic heterocycles. The van der Waals surface area contributed by atoms with Crippen molar-refractivity contribution in [3.8, 4) is 0 Å². The molecule has 0 amide bonds. The van der Waals surface area contributed by atoms with Crippen molar-refractivity contribution in [1.82, 2.24) is 4.90 Å². The third-order valence-electron chi connectivity index (χ3n) is 12.9. The Labute approximate surface area is 219 Å². The highest BCUT2D eigenvalue weighted by atomic mass is 15.2. The van der Waals surface area contributed by atoms with Gasteiger partial charge in [0.15, 0.2) is 0 Å². The summed E-state index contributed by atoms with van der Waals surface area (Å²) in [6, 6.07) is 1.92. The van der Waals surface area contributed by atoms with E-state index in [1.807, 2.05) is 0 Å². The Bertz CT molecular complexity index is 633. The number of rotatable bonds is 5. The van der Waals surface area contributed by atoms with Gasteiger partial charge in [-0.25, -0.2) is 0 Å². The lowest BCUT2D eigenvalue weighted by atomic mass is 9.55. The van der Waals surface area contributed by atoms with E-state index in [2.05, 4.69) is 4.90 Å². The molecule has 0 bridgehead atoms. The second-order valence-electron chi connectivity index (χ2n) is 14.6. The number of fused-ring (bicyclic) bond motifs is 4. The summed E-state index contributed by atoms with van der Waals surface area (Å²) in [5.74, 6) is 7.76. The highest BCUT2D eigenvalue weighted by Crippen LogP contribution is 2.54. The van der Waals surface area contributed by atoms with Gasteiger partial charge in [-0.05, 0) is 119 Å². The fourth-order valence-electron chi connectivity index (χ4n) is 10.6. The van der Waals surface area contributed by atoms with Crippen molar-refractivity contribution in [2.45, 2.75) is 166 Å². The minimum absolute atomic E-state index is 0.930. The van der Waals surface area contributed by atoms with E-state index in [1.165, 1.54) is 77.2 Å². The van der Waals surface area contributed by atoms with E-state index >= 15 is 0 Å². The average molecular weight is 482 g/mol. The highest BCUT2D eigenvalue weighted by Gasteiger charge is 2.50. The van der Waals surface area contributed by atoms with Crippen molar-refractivity contribution in [2.75, 3.05) is 6.54 Å². The molecule has 6 saturated carbocycles. The molecule has 35 heavy (non-hydrogen) atoms. The molecule has 6 fully saturated rings. The zero-order chi connectivity index (χ0) is 23.5. The first-order valence-corrected chi connectivity index (χ1v) is 17.1. The zero-order valence-electron chi connectivity index (χ0n) is 23.3. The van der Waals surface area contributed by atoms with E-state index in [4.69, 9.17) is 0 Å². The van der Waals surface area contributed by atoms with Crippen LogP contribution in [0.2, 0.25) is 0 Å². The Morgan fingerprint density at radius 2 is 0.971 bits per heavy atom. The molecule has 0 aliphatic heterocycles. The number of hydrogen-bond donors (Lipinski definition) is 0. The van der Waals surface area contributed by atoms with Crippen molar-refractivity contribution in [3.05, 3.63) is 0 Å². The number of nitrogens with zero attached hydrogens (tertiary/aromatic N) is 1. The molecule has 1 nitrogen and oxygen atoms in total. The molecule has 0 N–H and O–H groups in total. The van der Waals surface area contributed by atoms with E-state index in [1.54, 1.807) is 83.5 Å². The SMILES string of the molecule is C1CCCCC(N(CCC2CCC3C4CCCCCC4CC[C@@H]3CC2)C2CC3CCC32)CCCC1. The Hall–Kier alpha value is -0.0400. The van der Waals surface area contributed by atoms with Crippen LogP contribution in [0.5, 0.6) is 0 Å². The largest absolute Gasteiger partial charge is 0.297 e. The van der Waals surface area contributed by atoms with Crippen LogP contribution in [-0.2, 0) is 0 Å². The topological polar surface area (TPSA) is 3.24 Å². The summed E-state index contributed by atoms with van der Waals surface area (Å²) < 4.78 is 0. The molecule has 0 heterocycles. The van der Waals surface area contributed by atoms with Gasteiger partial charge in [-0.15, -0.1) is 0 Å². The Balaban J connectivity index is 1.07. The van der Waals surface area contributed by atoms with Gasteiger partial charge in [-0.1, -0.05) is 83.5 Å². The smallest absolute Gasteiger partial charge is 0.0132 e. The molecule has 6 aliphatic carbocycles. The minimum Gasteiger partial charge on any atom is -0.297 e. The molecule has 0 spiro atoms. The molecule has 0 aromatic carbocycles. The molecular weight excluding hydrogens is 422 g/mol. The quantitative estimate of drug-likeness (QED) is 0.377. The second kappa shape index (κ2) is 12.2. The Morgan fingerprint density at radius 1 is 0.429 bits per heavy atom. The van der Waals surface area contributed by atoms with Crippen LogP contribution in [0.15, 0.2) is 0 Å². The van der Waals surface area contributed by atoms with Gasteiger partial charge in [0.2, 0.25) is 0 Å². The summed E-state index contributed by atoms with van der Waals surface area (Å²) >= 11 is 0. The standard InChI is InChI=1S/C34H59N/c1-2-4-8-12-30(13-9-5-3-1)35(34-25-29-20-22-33(29)34)24-23-26-15-17-28-19-18-27-11-7-6-10-14-31(27)32(28)21-16-26/h26-34H,1-25H2/t26?,27?,28-,29?,31?,32?,33?,34?/m0/s1. The number of hydrogen-bond acceptors (Lipinski definition) is 1. The Kier molecular flexibility index (Phi) is 8.81. The molecular formula is C34H59N. The van der Waals surface area contributed by atoms with Gasteiger partial charge >= 0.3 is 0 Å². The van der Waals surface area contributed by atoms with Gasteiger partial charge in [0.25, 0.3) is 0 Å². The van der Waals surface area contributed by atoms with Crippen molar-refractivity contribution in [2.24, 2.45) is 41.4 Å². The maximum Gasteiger partial charge on any atom is 0.0132 e. The summed E-state index contributed by atoms with van der Waals surface area (Å²) in [5.41, 5.74) is 0. The first-order valence-electron chi connectivity index (χ1n) is 17.1. The van der Waals surface area contributed by atoms with Crippen LogP contribution >= 0.6 is 0 Å². The van der Waals surface area contributed by atoms with Crippen LogP contribution in [0, 0.1) is 41.4 Å². The summed E-state index contributed by atoms with van der Waals surface area (Å²) in [7, 11) is 0. The van der Waals surface area contributed by atoms with Crippen molar-refractivity contribution in [3.63, 3.8) is 0 Å². The lowest BCUT2D eigenvalue weighted by Crippen LogP contribution is -2.60. The summed E-state index contributed by atoms with van der Waals surface area (Å²) in [6.07, 6.45) is 37.2. The maximum atomic E-state index is 3.18. The first kappa shape index (κ1) is 25.2. The van der Waals surface area contributed by atoms with Crippen LogP contribution in [0.4, 0.5) is 0 Å². The van der Waals surface area contributed by atoms with Crippen molar-refractivity contribution < 1.29 is 0 Å². The predicted molar refractivity (Wildman–Crippen MR) is 150 cm³/mol. The van der Waals surface area contributed by atoms with Gasteiger partial charge in [0.05, 0.1) is 0 Å². The van der Waals surface area contributed by atoms with Crippen molar-refractivity contribution in [1.29, 1.82) is 0 Å². The molecule has 1 heteroatoms. The van der Waals surface area contributed by atoms with Crippen LogP contribution in [0.3, 0.4) is 0 Å². The monoisotopic (exact) mass is 481 g/mol. The normalized spacial score (nSPS) is 43.5. The molecule has 0 radical (unpaired) electrons. The fourth-order valence-corrected chi connectivity index (χ4v) is 10.6. The lowest BCUT2D eigenvalue weighted by molar-refractivity contribution is -0.0842. The van der Waals surface area contributed by atoms with E-state index in [9.17, 15) is 0 Å². The van der Waals surface area contributed by atoms with Crippen molar-refractivity contribution >= 4 is 0 Å². The molecule has 6 aliphatic rings. The van der Waals surface area contributed by atoms with Crippen LogP contribution < -0.4 is 0 Å². The minimum atomic E-state index is 0.930. The van der Waals surface area contributed by atoms with Gasteiger partial charge in [-0.3, -0.25) is 4.90 Å². The third-order valence-corrected chi connectivity index (χ3v) is 12.9. The van der Waals surface area contributed by atoms with Crippen LogP contribution in [0.25, 0.3) is 0 Å². The summed E-state index contributed by atoms with van der Waals surface area (Å²) in [4.78, 5) is 3.18. The maximum absolute atomic E-state index is 3.18. The van der Waals surface area contributed by atoms with Gasteiger partial charge < -0.3 is 0 Å². The average Bonchev–Trinajstić information content (AvgIpc) is 3.24. The highest BCUT2D eigenvalue weighted by molar-refractivity contribution is 5.03. The summed E-state index contributed by atoms with van der Waals surface area (Å²) in [6.45, 7) is 1.46. The summed E-state index contributed by atoms with van der Waals surface area (Å²) in [5, 5.41) is 0. The molecule has 6 rings (SSSR count). The molecule has 7 unspecified atom stereocenters. The molecule has 8 atom stereocenters. The van der Waals surface area contributed by atoms with Gasteiger partial charge in [0, 0.05) is 12.1 Å². The predicted octanol–water partition coefficient (Wildman–Crippen LogP) is 9.78. The van der Waals surface area contributed by atoms with Crippen LogP contribution in [-0.4, -0.2) is 23.5 Å². The van der Waals surface area contributed by atoms with E-state index < -0.39 is 0 Å². The van der Waals surface area contributed by atoms with E-state index in [0.717, 1.165) is 53.5 Å². The fraction of sp³-hybridized carbons (Fsp3) is 1.00. The first-order chi connectivity index (χ1) is 17.4. The molecule has 0 saturated heterocycles. The second-order valence-corrected chi connectivity index (χ2v) is 14.6. The third kappa shape index (κ3) is 5.86. The zero-order valence-corrected chi connectivity index (χ0v) is 23.3. The molecule has 0 aromatic rings. The van der Waals surface area contributed by atoms with E-state index in [-0.39, 0.29) is 0 Å². The Morgan fingerprint density at radius 3 is 1.69 bits per heavy atom. The van der Waals surface area contributed by atoms with Gasteiger partial charge in [-0.2, -0.15) is 0 Å². The van der Waals surface area contributed by atoms with E-state index in [0.29, 0.717) is 0 Å². The lowest BCUT2D eigenvalue weighted by Gasteiger charge is -2.59. The van der Waals surface area contributed by atoms with Crippen LogP contribution in [0.1, 0.15) is 154 Å². The van der Waals surface area contributed by atoms with Gasteiger partial charge in [0.1, 0.15) is 0 Å². The molecule has 200 valence electrons.